The molecule has 3 heteroatoms. The van der Waals surface area contributed by atoms with E-state index in [2.05, 4.69) is 13.8 Å². The van der Waals surface area contributed by atoms with Crippen molar-refractivity contribution < 1.29 is 4.79 Å². The smallest absolute Gasteiger partial charge is 0.254 e. The average molecular weight is 232 g/mol. The number of carbonyl (C=O) groups is 1. The number of likely N-dealkylation sites (tertiary alicyclic amines) is 1. The van der Waals surface area contributed by atoms with Gasteiger partial charge in [-0.15, -0.1) is 0 Å². The maximum atomic E-state index is 12.4. The highest BCUT2D eigenvalue weighted by Gasteiger charge is 2.35. The van der Waals surface area contributed by atoms with E-state index < -0.39 is 0 Å². The van der Waals surface area contributed by atoms with Gasteiger partial charge in [-0.25, -0.2) is 0 Å². The molecule has 2 N–H and O–H groups in total. The van der Waals surface area contributed by atoms with E-state index in [1.165, 1.54) is 0 Å². The summed E-state index contributed by atoms with van der Waals surface area (Å²) in [6.07, 6.45) is 2.18. The number of hydrogen-bond acceptors (Lipinski definition) is 2. The highest BCUT2D eigenvalue weighted by atomic mass is 16.2. The molecular weight excluding hydrogens is 212 g/mol. The molecule has 1 saturated heterocycles. The van der Waals surface area contributed by atoms with Crippen LogP contribution in [-0.4, -0.2) is 22.9 Å². The Balaban J connectivity index is 2.19. The van der Waals surface area contributed by atoms with Crippen molar-refractivity contribution in [1.29, 1.82) is 0 Å². The van der Waals surface area contributed by atoms with Crippen molar-refractivity contribution in [3.05, 3.63) is 35.4 Å². The van der Waals surface area contributed by atoms with Crippen LogP contribution in [0.2, 0.25) is 0 Å². The molecule has 1 aromatic rings. The van der Waals surface area contributed by atoms with E-state index in [1.807, 2.05) is 29.2 Å². The van der Waals surface area contributed by atoms with Crippen molar-refractivity contribution in [3.8, 4) is 0 Å². The van der Waals surface area contributed by atoms with Gasteiger partial charge in [-0.05, 0) is 44.4 Å². The minimum absolute atomic E-state index is 0.0103. The second kappa shape index (κ2) is 4.49. The molecule has 0 bridgehead atoms. The van der Waals surface area contributed by atoms with Gasteiger partial charge in [0.25, 0.3) is 5.91 Å². The van der Waals surface area contributed by atoms with Crippen molar-refractivity contribution in [2.75, 3.05) is 6.54 Å². The third kappa shape index (κ3) is 2.34. The third-order valence-corrected chi connectivity index (χ3v) is 3.58. The lowest BCUT2D eigenvalue weighted by molar-refractivity contribution is 0.0652. The summed E-state index contributed by atoms with van der Waals surface area (Å²) >= 11 is 0. The van der Waals surface area contributed by atoms with Gasteiger partial charge in [0.05, 0.1) is 0 Å². The van der Waals surface area contributed by atoms with Crippen LogP contribution in [0.25, 0.3) is 0 Å². The molecular formula is C14H20N2O. The minimum Gasteiger partial charge on any atom is -0.334 e. The third-order valence-electron chi connectivity index (χ3n) is 3.58. The Morgan fingerprint density at radius 2 is 2.00 bits per heavy atom. The first-order chi connectivity index (χ1) is 8.04. The SMILES string of the molecule is CC1(C)CCCN1C(=O)c1ccc(CN)cc1. The Kier molecular flexibility index (Phi) is 3.20. The average Bonchev–Trinajstić information content (AvgIpc) is 2.68. The zero-order chi connectivity index (χ0) is 12.5. The van der Waals surface area contributed by atoms with Crippen molar-refractivity contribution in [1.82, 2.24) is 4.90 Å². The van der Waals surface area contributed by atoms with Gasteiger partial charge in [-0.2, -0.15) is 0 Å². The maximum Gasteiger partial charge on any atom is 0.254 e. The molecule has 0 aromatic heterocycles. The molecule has 1 aromatic carbocycles. The molecule has 3 nitrogen and oxygen atoms in total. The fourth-order valence-corrected chi connectivity index (χ4v) is 2.42. The summed E-state index contributed by atoms with van der Waals surface area (Å²) in [5, 5.41) is 0. The van der Waals surface area contributed by atoms with Crippen LogP contribution in [0.15, 0.2) is 24.3 Å². The van der Waals surface area contributed by atoms with Gasteiger partial charge < -0.3 is 10.6 Å². The minimum atomic E-state index is -0.0103. The second-order valence-corrected chi connectivity index (χ2v) is 5.27. The summed E-state index contributed by atoms with van der Waals surface area (Å²) in [6, 6.07) is 7.60. The lowest BCUT2D eigenvalue weighted by Crippen LogP contribution is -2.42. The molecule has 1 fully saturated rings. The summed E-state index contributed by atoms with van der Waals surface area (Å²) in [7, 11) is 0. The van der Waals surface area contributed by atoms with Gasteiger partial charge in [0.2, 0.25) is 0 Å². The van der Waals surface area contributed by atoms with Crippen molar-refractivity contribution in [2.45, 2.75) is 38.8 Å². The van der Waals surface area contributed by atoms with Gasteiger partial charge in [0.15, 0.2) is 0 Å². The molecule has 17 heavy (non-hydrogen) atoms. The Labute approximate surface area is 103 Å². The van der Waals surface area contributed by atoms with Crippen molar-refractivity contribution >= 4 is 5.91 Å². The van der Waals surface area contributed by atoms with Gasteiger partial charge in [-0.3, -0.25) is 4.79 Å². The van der Waals surface area contributed by atoms with Gasteiger partial charge in [0, 0.05) is 24.2 Å². The van der Waals surface area contributed by atoms with Gasteiger partial charge >= 0.3 is 0 Å². The second-order valence-electron chi connectivity index (χ2n) is 5.27. The van der Waals surface area contributed by atoms with E-state index in [0.29, 0.717) is 6.54 Å². The number of amides is 1. The lowest BCUT2D eigenvalue weighted by Gasteiger charge is -2.31. The molecule has 1 aliphatic rings. The van der Waals surface area contributed by atoms with E-state index in [1.54, 1.807) is 0 Å². The first kappa shape index (κ1) is 12.1. The van der Waals surface area contributed by atoms with E-state index in [9.17, 15) is 4.79 Å². The number of nitrogens with two attached hydrogens (primary N) is 1. The van der Waals surface area contributed by atoms with Crippen LogP contribution >= 0.6 is 0 Å². The van der Waals surface area contributed by atoms with Crippen LogP contribution in [0, 0.1) is 0 Å². The molecule has 0 aliphatic carbocycles. The highest BCUT2D eigenvalue weighted by molar-refractivity contribution is 5.94. The van der Waals surface area contributed by atoms with E-state index in [4.69, 9.17) is 5.73 Å². The molecule has 0 saturated carbocycles. The maximum absolute atomic E-state index is 12.4. The van der Waals surface area contributed by atoms with Crippen LogP contribution < -0.4 is 5.73 Å². The normalized spacial score (nSPS) is 18.4. The number of carbonyl (C=O) groups excluding carboxylic acids is 1. The molecule has 0 atom stereocenters. The van der Waals surface area contributed by atoms with E-state index >= 15 is 0 Å². The lowest BCUT2D eigenvalue weighted by atomic mass is 10.0. The van der Waals surface area contributed by atoms with Gasteiger partial charge in [0.1, 0.15) is 0 Å². The molecule has 1 aliphatic heterocycles. The van der Waals surface area contributed by atoms with Crippen LogP contribution in [0.4, 0.5) is 0 Å². The first-order valence-corrected chi connectivity index (χ1v) is 6.15. The number of benzene rings is 1. The van der Waals surface area contributed by atoms with E-state index in [0.717, 1.165) is 30.5 Å². The quantitative estimate of drug-likeness (QED) is 0.849. The molecule has 1 heterocycles. The monoisotopic (exact) mass is 232 g/mol. The van der Waals surface area contributed by atoms with Crippen molar-refractivity contribution in [2.24, 2.45) is 5.73 Å². The number of nitrogens with zero attached hydrogens (tertiary/aromatic N) is 1. The topological polar surface area (TPSA) is 46.3 Å². The molecule has 0 unspecified atom stereocenters. The predicted molar refractivity (Wildman–Crippen MR) is 68.7 cm³/mol. The Morgan fingerprint density at radius 3 is 2.47 bits per heavy atom. The summed E-state index contributed by atoms with van der Waals surface area (Å²) in [4.78, 5) is 14.3. The first-order valence-electron chi connectivity index (χ1n) is 6.15. The van der Waals surface area contributed by atoms with Crippen LogP contribution in [0.1, 0.15) is 42.6 Å². The summed E-state index contributed by atoms with van der Waals surface area (Å²) in [5.74, 6) is 0.135. The standard InChI is InChI=1S/C14H20N2O/c1-14(2)8-3-9-16(14)13(17)12-6-4-11(10-15)5-7-12/h4-7H,3,8-10,15H2,1-2H3. The van der Waals surface area contributed by atoms with Crippen molar-refractivity contribution in [3.63, 3.8) is 0 Å². The highest BCUT2D eigenvalue weighted by Crippen LogP contribution is 2.29. The Hall–Kier alpha value is -1.35. The number of rotatable bonds is 2. The molecule has 2 rings (SSSR count). The fourth-order valence-electron chi connectivity index (χ4n) is 2.42. The van der Waals surface area contributed by atoms with Crippen LogP contribution in [-0.2, 0) is 6.54 Å². The Morgan fingerprint density at radius 1 is 1.35 bits per heavy atom. The molecule has 92 valence electrons. The number of hydrogen-bond donors (Lipinski definition) is 1. The zero-order valence-electron chi connectivity index (χ0n) is 10.6. The summed E-state index contributed by atoms with van der Waals surface area (Å²) in [5.41, 5.74) is 7.35. The Bertz CT molecular complexity index is 409. The zero-order valence-corrected chi connectivity index (χ0v) is 10.6. The summed E-state index contributed by atoms with van der Waals surface area (Å²) in [6.45, 7) is 5.65. The molecule has 0 spiro atoms. The summed E-state index contributed by atoms with van der Waals surface area (Å²) < 4.78 is 0. The van der Waals surface area contributed by atoms with E-state index in [-0.39, 0.29) is 11.4 Å². The molecule has 1 amide bonds. The van der Waals surface area contributed by atoms with Gasteiger partial charge in [-0.1, -0.05) is 12.1 Å². The largest absolute Gasteiger partial charge is 0.334 e. The van der Waals surface area contributed by atoms with Crippen LogP contribution in [0.3, 0.4) is 0 Å². The van der Waals surface area contributed by atoms with Crippen LogP contribution in [0.5, 0.6) is 0 Å². The molecule has 0 radical (unpaired) electrons. The predicted octanol–water partition coefficient (Wildman–Crippen LogP) is 2.16. The fraction of sp³-hybridized carbons (Fsp3) is 0.500.